The van der Waals surface area contributed by atoms with Gasteiger partial charge in [0.1, 0.15) is 0 Å². The van der Waals surface area contributed by atoms with E-state index in [1.807, 2.05) is 42.2 Å². The van der Waals surface area contributed by atoms with E-state index in [1.165, 1.54) is 5.56 Å². The molecule has 0 saturated carbocycles. The van der Waals surface area contributed by atoms with Gasteiger partial charge in [-0.2, -0.15) is 0 Å². The summed E-state index contributed by atoms with van der Waals surface area (Å²) in [6.07, 6.45) is 1.01. The molecule has 148 valence electrons. The zero-order valence-corrected chi connectivity index (χ0v) is 16.7. The third-order valence-electron chi connectivity index (χ3n) is 5.31. The molecule has 0 bridgehead atoms. The van der Waals surface area contributed by atoms with E-state index in [-0.39, 0.29) is 17.9 Å². The molecule has 1 heterocycles. The van der Waals surface area contributed by atoms with Crippen LogP contribution in [0.1, 0.15) is 41.4 Å². The quantitative estimate of drug-likeness (QED) is 0.840. The van der Waals surface area contributed by atoms with Crippen LogP contribution in [-0.2, 0) is 11.2 Å². The molecule has 1 atom stereocenters. The van der Waals surface area contributed by atoms with Gasteiger partial charge in [-0.1, -0.05) is 49.4 Å². The van der Waals surface area contributed by atoms with E-state index in [9.17, 15) is 9.59 Å². The van der Waals surface area contributed by atoms with Gasteiger partial charge < -0.3 is 10.2 Å². The van der Waals surface area contributed by atoms with Crippen LogP contribution in [-0.4, -0.2) is 54.3 Å². The Morgan fingerprint density at radius 2 is 1.61 bits per heavy atom. The highest BCUT2D eigenvalue weighted by Gasteiger charge is 2.23. The van der Waals surface area contributed by atoms with Gasteiger partial charge >= 0.3 is 0 Å². The molecule has 5 heteroatoms. The Kier molecular flexibility index (Phi) is 6.82. The number of benzene rings is 2. The number of rotatable bonds is 6. The third kappa shape index (κ3) is 5.20. The largest absolute Gasteiger partial charge is 0.348 e. The number of hydrogen-bond donors (Lipinski definition) is 1. The Labute approximate surface area is 167 Å². The molecule has 2 amide bonds. The van der Waals surface area contributed by atoms with E-state index < -0.39 is 0 Å². The van der Waals surface area contributed by atoms with Gasteiger partial charge in [-0.25, -0.2) is 0 Å². The number of amides is 2. The molecule has 2 aromatic carbocycles. The molecule has 3 rings (SSSR count). The van der Waals surface area contributed by atoms with Gasteiger partial charge in [0, 0.05) is 31.7 Å². The van der Waals surface area contributed by atoms with Gasteiger partial charge in [0.25, 0.3) is 5.91 Å². The second kappa shape index (κ2) is 9.51. The average Bonchev–Trinajstić information content (AvgIpc) is 2.74. The Morgan fingerprint density at radius 3 is 2.21 bits per heavy atom. The van der Waals surface area contributed by atoms with Gasteiger partial charge in [-0.05, 0) is 36.6 Å². The fourth-order valence-electron chi connectivity index (χ4n) is 3.49. The lowest BCUT2D eigenvalue weighted by Crippen LogP contribution is -2.51. The van der Waals surface area contributed by atoms with E-state index in [2.05, 4.69) is 41.4 Å². The summed E-state index contributed by atoms with van der Waals surface area (Å²) in [5, 5.41) is 3.08. The predicted molar refractivity (Wildman–Crippen MR) is 111 cm³/mol. The second-order valence-corrected chi connectivity index (χ2v) is 7.32. The Balaban J connectivity index is 1.45. The summed E-state index contributed by atoms with van der Waals surface area (Å²) in [6.45, 7) is 7.23. The minimum absolute atomic E-state index is 0.0145. The Morgan fingerprint density at radius 1 is 0.964 bits per heavy atom. The number of aryl methyl sites for hydroxylation is 1. The first-order valence-corrected chi connectivity index (χ1v) is 10.0. The van der Waals surface area contributed by atoms with E-state index in [1.54, 1.807) is 0 Å². The normalized spacial score (nSPS) is 15.9. The summed E-state index contributed by atoms with van der Waals surface area (Å²) < 4.78 is 0. The molecular formula is C23H29N3O2. The van der Waals surface area contributed by atoms with Gasteiger partial charge in [-0.15, -0.1) is 0 Å². The molecule has 0 aromatic heterocycles. The molecule has 1 fully saturated rings. The number of carbonyl (C=O) groups is 2. The molecule has 1 saturated heterocycles. The summed E-state index contributed by atoms with van der Waals surface area (Å²) in [7, 11) is 0. The maximum atomic E-state index is 12.5. The highest BCUT2D eigenvalue weighted by atomic mass is 16.2. The molecule has 0 radical (unpaired) electrons. The van der Waals surface area contributed by atoms with Crippen LogP contribution in [0.4, 0.5) is 0 Å². The van der Waals surface area contributed by atoms with Crippen LogP contribution >= 0.6 is 0 Å². The Bertz CT molecular complexity index is 781. The topological polar surface area (TPSA) is 52.7 Å². The minimum atomic E-state index is -0.0145. The van der Waals surface area contributed by atoms with Crippen molar-refractivity contribution in [2.75, 3.05) is 32.7 Å². The van der Waals surface area contributed by atoms with Crippen LogP contribution in [0.25, 0.3) is 0 Å². The average molecular weight is 380 g/mol. The standard InChI is InChI=1S/C23H29N3O2/c1-3-19-9-11-20(12-10-19)18(2)24-22(27)17-25-13-15-26(16-14-25)23(28)21-7-5-4-6-8-21/h4-12,18H,3,13-17H2,1-2H3,(H,24,27). The smallest absolute Gasteiger partial charge is 0.253 e. The van der Waals surface area contributed by atoms with Crippen LogP contribution in [0, 0.1) is 0 Å². The first kappa shape index (κ1) is 20.1. The minimum Gasteiger partial charge on any atom is -0.348 e. The zero-order chi connectivity index (χ0) is 19.9. The number of carbonyl (C=O) groups excluding carboxylic acids is 2. The number of nitrogens with one attached hydrogen (secondary N) is 1. The molecule has 0 spiro atoms. The van der Waals surface area contributed by atoms with Crippen molar-refractivity contribution in [3.63, 3.8) is 0 Å². The number of piperazine rings is 1. The van der Waals surface area contributed by atoms with Gasteiger partial charge in [-0.3, -0.25) is 14.5 Å². The lowest BCUT2D eigenvalue weighted by Gasteiger charge is -2.34. The van der Waals surface area contributed by atoms with Gasteiger partial charge in [0.2, 0.25) is 5.91 Å². The summed E-state index contributed by atoms with van der Waals surface area (Å²) in [5.74, 6) is 0.0868. The number of nitrogens with zero attached hydrogens (tertiary/aromatic N) is 2. The van der Waals surface area contributed by atoms with Crippen LogP contribution in [0.3, 0.4) is 0 Å². The molecule has 1 aliphatic heterocycles. The lowest BCUT2D eigenvalue weighted by molar-refractivity contribution is -0.123. The summed E-state index contributed by atoms with van der Waals surface area (Å²) in [6, 6.07) is 17.7. The van der Waals surface area contributed by atoms with Gasteiger partial charge in [0.15, 0.2) is 0 Å². The molecular weight excluding hydrogens is 350 g/mol. The van der Waals surface area contributed by atoms with Crippen molar-refractivity contribution >= 4 is 11.8 Å². The van der Waals surface area contributed by atoms with Crippen molar-refractivity contribution in [1.82, 2.24) is 15.1 Å². The van der Waals surface area contributed by atoms with Gasteiger partial charge in [0.05, 0.1) is 12.6 Å². The van der Waals surface area contributed by atoms with E-state index in [0.717, 1.165) is 17.5 Å². The third-order valence-corrected chi connectivity index (χ3v) is 5.31. The summed E-state index contributed by atoms with van der Waals surface area (Å²) in [5.41, 5.74) is 3.13. The molecule has 1 aliphatic rings. The molecule has 1 N–H and O–H groups in total. The van der Waals surface area contributed by atoms with Crippen molar-refractivity contribution in [1.29, 1.82) is 0 Å². The monoisotopic (exact) mass is 379 g/mol. The summed E-state index contributed by atoms with van der Waals surface area (Å²) >= 11 is 0. The Hall–Kier alpha value is -2.66. The molecule has 28 heavy (non-hydrogen) atoms. The van der Waals surface area contributed by atoms with Crippen LogP contribution in [0.15, 0.2) is 54.6 Å². The number of hydrogen-bond acceptors (Lipinski definition) is 3. The van der Waals surface area contributed by atoms with Crippen LogP contribution in [0.2, 0.25) is 0 Å². The maximum Gasteiger partial charge on any atom is 0.253 e. The van der Waals surface area contributed by atoms with Crippen molar-refractivity contribution in [2.24, 2.45) is 0 Å². The van der Waals surface area contributed by atoms with E-state index in [4.69, 9.17) is 0 Å². The lowest BCUT2D eigenvalue weighted by atomic mass is 10.0. The van der Waals surface area contributed by atoms with Crippen molar-refractivity contribution in [2.45, 2.75) is 26.3 Å². The van der Waals surface area contributed by atoms with Crippen molar-refractivity contribution in [3.05, 3.63) is 71.3 Å². The van der Waals surface area contributed by atoms with E-state index >= 15 is 0 Å². The maximum absolute atomic E-state index is 12.5. The first-order chi connectivity index (χ1) is 13.6. The molecule has 1 unspecified atom stereocenters. The SMILES string of the molecule is CCc1ccc(C(C)NC(=O)CN2CCN(C(=O)c3ccccc3)CC2)cc1. The second-order valence-electron chi connectivity index (χ2n) is 7.32. The van der Waals surface area contributed by atoms with E-state index in [0.29, 0.717) is 32.7 Å². The van der Waals surface area contributed by atoms with Crippen molar-refractivity contribution < 1.29 is 9.59 Å². The fraction of sp³-hybridized carbons (Fsp3) is 0.391. The highest BCUT2D eigenvalue weighted by Crippen LogP contribution is 2.14. The summed E-state index contributed by atoms with van der Waals surface area (Å²) in [4.78, 5) is 28.9. The highest BCUT2D eigenvalue weighted by molar-refractivity contribution is 5.94. The van der Waals surface area contributed by atoms with Crippen molar-refractivity contribution in [3.8, 4) is 0 Å². The first-order valence-electron chi connectivity index (χ1n) is 10.0. The molecule has 5 nitrogen and oxygen atoms in total. The van der Waals surface area contributed by atoms with Crippen LogP contribution < -0.4 is 5.32 Å². The fourth-order valence-corrected chi connectivity index (χ4v) is 3.49. The van der Waals surface area contributed by atoms with Crippen LogP contribution in [0.5, 0.6) is 0 Å². The molecule has 0 aliphatic carbocycles. The predicted octanol–water partition coefficient (Wildman–Crippen LogP) is 2.88. The zero-order valence-electron chi connectivity index (χ0n) is 16.7. The molecule has 2 aromatic rings.